The van der Waals surface area contributed by atoms with E-state index in [4.69, 9.17) is 14.0 Å². The molecular weight excluding hydrogens is 648 g/mol. The zero-order chi connectivity index (χ0) is 35.5. The number of hydrogen-bond acceptors (Lipinski definition) is 12. The highest BCUT2D eigenvalue weighted by atomic mass is 32.3. The van der Waals surface area contributed by atoms with Crippen LogP contribution in [0.5, 0.6) is 0 Å². The minimum absolute atomic E-state index is 0.0537. The Hall–Kier alpha value is -0.490. The van der Waals surface area contributed by atoms with Crippen molar-refractivity contribution in [3.05, 3.63) is 0 Å². The molecule has 18 atom stereocenters. The van der Waals surface area contributed by atoms with Crippen molar-refractivity contribution in [2.24, 2.45) is 58.2 Å². The van der Waals surface area contributed by atoms with Crippen LogP contribution in [-0.2, 0) is 24.1 Å². The first-order chi connectivity index (χ1) is 22.3. The first kappa shape index (κ1) is 38.7. The average molecular weight is 709 g/mol. The summed E-state index contributed by atoms with van der Waals surface area (Å²) in [4.78, 5) is 0. The highest BCUT2D eigenvalue weighted by Crippen LogP contribution is 2.68. The summed E-state index contributed by atoms with van der Waals surface area (Å²) in [5.74, 6) is 0.796. The molecule has 5 fully saturated rings. The van der Waals surface area contributed by atoms with Gasteiger partial charge in [-0.1, -0.05) is 41.0 Å². The molecule has 5 rings (SSSR count). The van der Waals surface area contributed by atoms with Gasteiger partial charge in [-0.2, -0.15) is 8.42 Å². The highest BCUT2D eigenvalue weighted by molar-refractivity contribution is 7.80. The zero-order valence-corrected chi connectivity index (χ0v) is 29.7. The molecule has 0 spiro atoms. The number of ether oxygens (including phenoxy) is 2. The lowest BCUT2D eigenvalue weighted by molar-refractivity contribution is -0.333. The van der Waals surface area contributed by atoms with Gasteiger partial charge in [0.1, 0.15) is 18.3 Å². The van der Waals surface area contributed by atoms with Gasteiger partial charge in [0.15, 0.2) is 6.29 Å². The summed E-state index contributed by atoms with van der Waals surface area (Å²) >= 11 is 0. The largest absolute Gasteiger partial charge is 0.399 e. The Balaban J connectivity index is 1.21. The Bertz CT molecular complexity index is 1200. The SMILES string of the molecule is CC(C)C(CCOC1OC(OS(=O)(=O)O)C(O)C(O)C1O)CCC(C)C1C(O)C(O)C2C3CC(O)C4CC(O)CCC4(C)C3CCC12C. The van der Waals surface area contributed by atoms with Gasteiger partial charge >= 0.3 is 10.4 Å². The monoisotopic (exact) mass is 708 g/mol. The maximum Gasteiger partial charge on any atom is 0.399 e. The van der Waals surface area contributed by atoms with E-state index >= 15 is 0 Å². The molecule has 1 saturated heterocycles. The normalized spacial score (nSPS) is 49.2. The van der Waals surface area contributed by atoms with E-state index in [0.29, 0.717) is 25.2 Å². The van der Waals surface area contributed by atoms with Crippen molar-refractivity contribution >= 4 is 10.4 Å². The van der Waals surface area contributed by atoms with Crippen LogP contribution < -0.4 is 0 Å². The standard InChI is InChI=1S/C34H60O13S/c1-16(2)18(10-13-45-31-29(40)28(39)30(41)32(46-31)47-48(42,43)44)7-6-17(3)24-26(37)27(38)25-20-15-23(36)22-14-19(35)8-11-33(22,4)21(20)9-12-34(24,25)5/h16-32,35-41H,6-15H2,1-5H3,(H,42,43,44). The number of aliphatic hydroxyl groups excluding tert-OH is 7. The van der Waals surface area contributed by atoms with E-state index in [0.717, 1.165) is 38.5 Å². The third kappa shape index (κ3) is 7.25. The van der Waals surface area contributed by atoms with Crippen LogP contribution in [0.15, 0.2) is 0 Å². The first-order valence-electron chi connectivity index (χ1n) is 18.0. The molecule has 0 aromatic rings. The fraction of sp³-hybridized carbons (Fsp3) is 1.00. The van der Waals surface area contributed by atoms with Gasteiger partial charge < -0.3 is 45.2 Å². The zero-order valence-electron chi connectivity index (χ0n) is 28.9. The van der Waals surface area contributed by atoms with Crippen molar-refractivity contribution in [3.63, 3.8) is 0 Å². The maximum atomic E-state index is 11.7. The summed E-state index contributed by atoms with van der Waals surface area (Å²) in [5, 5.41) is 75.5. The molecule has 18 unspecified atom stereocenters. The minimum Gasteiger partial charge on any atom is -0.393 e. The third-order valence-corrected chi connectivity index (χ3v) is 14.3. The van der Waals surface area contributed by atoms with Crippen LogP contribution in [0.25, 0.3) is 0 Å². The Morgan fingerprint density at radius 3 is 2.06 bits per heavy atom. The lowest BCUT2D eigenvalue weighted by atomic mass is 9.43. The van der Waals surface area contributed by atoms with E-state index < -0.39 is 59.6 Å². The molecule has 48 heavy (non-hydrogen) atoms. The maximum absolute atomic E-state index is 11.7. The molecule has 1 aliphatic heterocycles. The molecule has 8 N–H and O–H groups in total. The lowest BCUT2D eigenvalue weighted by Crippen LogP contribution is -2.59. The van der Waals surface area contributed by atoms with E-state index in [1.54, 1.807) is 0 Å². The first-order valence-corrected chi connectivity index (χ1v) is 19.4. The average Bonchev–Trinajstić information content (AvgIpc) is 3.20. The topological polar surface area (TPSA) is 224 Å². The van der Waals surface area contributed by atoms with Gasteiger partial charge in [0, 0.05) is 0 Å². The van der Waals surface area contributed by atoms with Crippen LogP contribution in [0.2, 0.25) is 0 Å². The molecule has 0 radical (unpaired) electrons. The quantitative estimate of drug-likeness (QED) is 0.143. The van der Waals surface area contributed by atoms with E-state index in [1.807, 2.05) is 0 Å². The van der Waals surface area contributed by atoms with Crippen molar-refractivity contribution in [1.82, 2.24) is 0 Å². The van der Waals surface area contributed by atoms with Gasteiger partial charge in [0.2, 0.25) is 6.29 Å². The fourth-order valence-electron chi connectivity index (χ4n) is 11.4. The molecule has 0 bridgehead atoms. The molecule has 1 heterocycles. The molecule has 4 saturated carbocycles. The van der Waals surface area contributed by atoms with Gasteiger partial charge in [-0.05, 0) is 110 Å². The molecule has 13 nitrogen and oxygen atoms in total. The molecular formula is C34H60O13S. The van der Waals surface area contributed by atoms with Gasteiger partial charge in [-0.3, -0.25) is 4.55 Å². The number of fused-ring (bicyclic) bond motifs is 5. The smallest absolute Gasteiger partial charge is 0.393 e. The number of aliphatic hydroxyl groups is 7. The van der Waals surface area contributed by atoms with Crippen molar-refractivity contribution in [1.29, 1.82) is 0 Å². The van der Waals surface area contributed by atoms with E-state index in [1.165, 1.54) is 0 Å². The van der Waals surface area contributed by atoms with E-state index in [-0.39, 0.29) is 65.0 Å². The van der Waals surface area contributed by atoms with Crippen molar-refractivity contribution in [3.8, 4) is 0 Å². The van der Waals surface area contributed by atoms with Gasteiger partial charge in [0.25, 0.3) is 0 Å². The van der Waals surface area contributed by atoms with E-state index in [2.05, 4.69) is 38.8 Å². The molecule has 0 aromatic carbocycles. The second-order valence-electron chi connectivity index (χ2n) is 16.8. The molecule has 4 aliphatic carbocycles. The third-order valence-electron chi connectivity index (χ3n) is 13.9. The predicted molar refractivity (Wildman–Crippen MR) is 172 cm³/mol. The summed E-state index contributed by atoms with van der Waals surface area (Å²) < 4.78 is 46.4. The van der Waals surface area contributed by atoms with Gasteiger partial charge in [-0.25, -0.2) is 4.18 Å². The Morgan fingerprint density at radius 1 is 0.771 bits per heavy atom. The molecule has 5 aliphatic rings. The van der Waals surface area contributed by atoms with Crippen LogP contribution >= 0.6 is 0 Å². The summed E-state index contributed by atoms with van der Waals surface area (Å²) in [6.45, 7) is 10.9. The molecule has 0 aromatic heterocycles. The summed E-state index contributed by atoms with van der Waals surface area (Å²) in [5.41, 5.74) is -0.377. The minimum atomic E-state index is -5.01. The van der Waals surface area contributed by atoms with Crippen LogP contribution in [-0.4, -0.2) is 111 Å². The highest BCUT2D eigenvalue weighted by Gasteiger charge is 2.67. The van der Waals surface area contributed by atoms with Crippen molar-refractivity contribution in [2.45, 2.75) is 148 Å². The Kier molecular flexibility index (Phi) is 11.7. The molecule has 14 heteroatoms. The van der Waals surface area contributed by atoms with Gasteiger partial charge in [-0.15, -0.1) is 0 Å². The van der Waals surface area contributed by atoms with Crippen LogP contribution in [0, 0.1) is 58.2 Å². The number of rotatable bonds is 11. The second-order valence-corrected chi connectivity index (χ2v) is 17.8. The summed E-state index contributed by atoms with van der Waals surface area (Å²) in [6.07, 6.45) is -4.69. The summed E-state index contributed by atoms with van der Waals surface area (Å²) in [6, 6.07) is 0. The fourth-order valence-corrected chi connectivity index (χ4v) is 11.7. The number of hydrogen-bond donors (Lipinski definition) is 8. The van der Waals surface area contributed by atoms with E-state index in [9.17, 15) is 44.2 Å². The molecule has 280 valence electrons. The molecule has 0 amide bonds. The lowest BCUT2D eigenvalue weighted by Gasteiger charge is -2.62. The van der Waals surface area contributed by atoms with Crippen LogP contribution in [0.4, 0.5) is 0 Å². The summed E-state index contributed by atoms with van der Waals surface area (Å²) in [7, 11) is -5.01. The van der Waals surface area contributed by atoms with Gasteiger partial charge in [0.05, 0.1) is 31.0 Å². The predicted octanol–water partition coefficient (Wildman–Crippen LogP) is 1.60. The van der Waals surface area contributed by atoms with Crippen molar-refractivity contribution in [2.75, 3.05) is 6.61 Å². The Labute approximate surface area is 284 Å². The second kappa shape index (κ2) is 14.5. The Morgan fingerprint density at radius 2 is 1.42 bits per heavy atom. The van der Waals surface area contributed by atoms with Crippen LogP contribution in [0.1, 0.15) is 92.4 Å². The van der Waals surface area contributed by atoms with Crippen LogP contribution in [0.3, 0.4) is 0 Å². The van der Waals surface area contributed by atoms with Crippen molar-refractivity contribution < 1.29 is 62.4 Å².